The van der Waals surface area contributed by atoms with Crippen molar-refractivity contribution in [1.82, 2.24) is 4.90 Å². The molecule has 2 rings (SSSR count). The van der Waals surface area contributed by atoms with E-state index in [1.165, 1.54) is 16.7 Å². The zero-order chi connectivity index (χ0) is 10.7. The molecule has 1 nitrogen and oxygen atoms in total. The van der Waals surface area contributed by atoms with Crippen LogP contribution in [0.3, 0.4) is 0 Å². The molecule has 78 valence electrons. The van der Waals surface area contributed by atoms with Crippen molar-refractivity contribution in [3.8, 4) is 0 Å². The van der Waals surface area contributed by atoms with Crippen LogP contribution in [0.25, 0.3) is 5.57 Å². The highest BCUT2D eigenvalue weighted by Crippen LogP contribution is 2.28. The molecular weight excluding hydrogens is 182 g/mol. The Kier molecular flexibility index (Phi) is 3.02. The summed E-state index contributed by atoms with van der Waals surface area (Å²) in [5.74, 6) is 0. The smallest absolute Gasteiger partial charge is 0.0230 e. The molecule has 0 aromatic heterocycles. The average Bonchev–Trinajstić information content (AvgIpc) is 2.66. The van der Waals surface area contributed by atoms with E-state index in [9.17, 15) is 0 Å². The Labute approximate surface area is 91.7 Å². The van der Waals surface area contributed by atoms with E-state index in [1.54, 1.807) is 0 Å². The van der Waals surface area contributed by atoms with Gasteiger partial charge >= 0.3 is 0 Å². The fourth-order valence-electron chi connectivity index (χ4n) is 1.98. The summed E-state index contributed by atoms with van der Waals surface area (Å²) in [6.45, 7) is 1.03. The fourth-order valence-corrected chi connectivity index (χ4v) is 1.98. The van der Waals surface area contributed by atoms with Crippen molar-refractivity contribution in [1.29, 1.82) is 0 Å². The summed E-state index contributed by atoms with van der Waals surface area (Å²) >= 11 is 0. The standard InChI is InChI=1S/C14H17N/c1-15(2)11-13-9-6-10-14(13)12-7-4-3-5-8-12/h3-9H,10-11H2,1-2H3. The molecule has 0 saturated carbocycles. The molecule has 0 amide bonds. The van der Waals surface area contributed by atoms with Crippen molar-refractivity contribution < 1.29 is 0 Å². The molecular formula is C14H17N. The van der Waals surface area contributed by atoms with E-state index in [1.807, 2.05) is 0 Å². The lowest BCUT2D eigenvalue weighted by molar-refractivity contribution is 0.450. The Morgan fingerprint density at radius 3 is 2.53 bits per heavy atom. The molecule has 0 aliphatic heterocycles. The second kappa shape index (κ2) is 4.45. The number of allylic oxidation sites excluding steroid dienone is 2. The van der Waals surface area contributed by atoms with E-state index in [-0.39, 0.29) is 0 Å². The molecule has 0 atom stereocenters. The van der Waals surface area contributed by atoms with Crippen LogP contribution in [-0.2, 0) is 0 Å². The summed E-state index contributed by atoms with van der Waals surface area (Å²) in [5, 5.41) is 0. The van der Waals surface area contributed by atoms with Crippen LogP contribution < -0.4 is 0 Å². The van der Waals surface area contributed by atoms with Gasteiger partial charge in [-0.15, -0.1) is 0 Å². The Morgan fingerprint density at radius 1 is 1.13 bits per heavy atom. The summed E-state index contributed by atoms with van der Waals surface area (Å²) in [4.78, 5) is 2.22. The first-order valence-corrected chi connectivity index (χ1v) is 5.36. The Morgan fingerprint density at radius 2 is 1.87 bits per heavy atom. The summed E-state index contributed by atoms with van der Waals surface area (Å²) < 4.78 is 0. The fraction of sp³-hybridized carbons (Fsp3) is 0.286. The zero-order valence-corrected chi connectivity index (χ0v) is 9.40. The van der Waals surface area contributed by atoms with Crippen molar-refractivity contribution in [3.63, 3.8) is 0 Å². The van der Waals surface area contributed by atoms with Crippen LogP contribution in [0.4, 0.5) is 0 Å². The van der Waals surface area contributed by atoms with Gasteiger partial charge in [0.1, 0.15) is 0 Å². The third kappa shape index (κ3) is 2.37. The quantitative estimate of drug-likeness (QED) is 0.723. The topological polar surface area (TPSA) is 3.24 Å². The molecule has 0 saturated heterocycles. The highest BCUT2D eigenvalue weighted by atomic mass is 15.0. The minimum absolute atomic E-state index is 1.03. The third-order valence-corrected chi connectivity index (χ3v) is 2.64. The van der Waals surface area contributed by atoms with E-state index >= 15 is 0 Å². The van der Waals surface area contributed by atoms with Gasteiger partial charge in [-0.3, -0.25) is 0 Å². The molecule has 0 radical (unpaired) electrons. The summed E-state index contributed by atoms with van der Waals surface area (Å²) in [5.41, 5.74) is 4.29. The average molecular weight is 199 g/mol. The molecule has 1 heteroatoms. The number of benzene rings is 1. The van der Waals surface area contributed by atoms with Crippen molar-refractivity contribution in [2.45, 2.75) is 6.42 Å². The maximum Gasteiger partial charge on any atom is 0.0230 e. The van der Waals surface area contributed by atoms with Gasteiger partial charge in [0.2, 0.25) is 0 Å². The maximum absolute atomic E-state index is 2.25. The monoisotopic (exact) mass is 199 g/mol. The lowest BCUT2D eigenvalue weighted by Gasteiger charge is -2.12. The number of likely N-dealkylation sites (N-methyl/N-ethyl adjacent to an activating group) is 1. The number of nitrogens with zero attached hydrogens (tertiary/aromatic N) is 1. The first-order chi connectivity index (χ1) is 7.27. The van der Waals surface area contributed by atoms with Gasteiger partial charge in [-0.05, 0) is 37.2 Å². The summed E-state index contributed by atoms with van der Waals surface area (Å²) in [6.07, 6.45) is 5.58. The van der Waals surface area contributed by atoms with E-state index < -0.39 is 0 Å². The van der Waals surface area contributed by atoms with Crippen LogP contribution in [0, 0.1) is 0 Å². The molecule has 1 aromatic carbocycles. The molecule has 0 heterocycles. The molecule has 0 fully saturated rings. The molecule has 0 bridgehead atoms. The van der Waals surface area contributed by atoms with Gasteiger partial charge in [0.05, 0.1) is 0 Å². The molecule has 1 aliphatic carbocycles. The SMILES string of the molecule is CN(C)CC1=C(c2ccccc2)CC=C1. The number of rotatable bonds is 3. The summed E-state index contributed by atoms with van der Waals surface area (Å²) in [6, 6.07) is 10.7. The Bertz CT molecular complexity index is 385. The van der Waals surface area contributed by atoms with Crippen molar-refractivity contribution in [2.24, 2.45) is 0 Å². The lowest BCUT2D eigenvalue weighted by atomic mass is 10.0. The predicted octanol–water partition coefficient (Wildman–Crippen LogP) is 2.96. The third-order valence-electron chi connectivity index (χ3n) is 2.64. The van der Waals surface area contributed by atoms with E-state index in [4.69, 9.17) is 0 Å². The molecule has 0 unspecified atom stereocenters. The van der Waals surface area contributed by atoms with Gasteiger partial charge in [-0.25, -0.2) is 0 Å². The second-order valence-electron chi connectivity index (χ2n) is 4.21. The largest absolute Gasteiger partial charge is 0.305 e. The molecule has 15 heavy (non-hydrogen) atoms. The maximum atomic E-state index is 2.25. The highest BCUT2D eigenvalue weighted by molar-refractivity contribution is 5.75. The first kappa shape index (κ1) is 10.2. The highest BCUT2D eigenvalue weighted by Gasteiger charge is 2.11. The van der Waals surface area contributed by atoms with Crippen LogP contribution >= 0.6 is 0 Å². The number of hydrogen-bond acceptors (Lipinski definition) is 1. The first-order valence-electron chi connectivity index (χ1n) is 5.36. The van der Waals surface area contributed by atoms with Crippen molar-refractivity contribution in [3.05, 3.63) is 53.6 Å². The Balaban J connectivity index is 2.28. The minimum atomic E-state index is 1.03. The van der Waals surface area contributed by atoms with Crippen molar-refractivity contribution >= 4 is 5.57 Å². The van der Waals surface area contributed by atoms with Gasteiger partial charge in [0.25, 0.3) is 0 Å². The van der Waals surface area contributed by atoms with Crippen LogP contribution in [0.5, 0.6) is 0 Å². The van der Waals surface area contributed by atoms with Gasteiger partial charge < -0.3 is 4.90 Å². The van der Waals surface area contributed by atoms with Crippen LogP contribution in [0.2, 0.25) is 0 Å². The Hall–Kier alpha value is -1.34. The normalized spacial score (nSPS) is 15.4. The minimum Gasteiger partial charge on any atom is -0.305 e. The summed E-state index contributed by atoms with van der Waals surface area (Å²) in [7, 11) is 4.23. The second-order valence-corrected chi connectivity index (χ2v) is 4.21. The lowest BCUT2D eigenvalue weighted by Crippen LogP contribution is -2.14. The van der Waals surface area contributed by atoms with Crippen LogP contribution in [0.1, 0.15) is 12.0 Å². The van der Waals surface area contributed by atoms with E-state index in [2.05, 4.69) is 61.5 Å². The van der Waals surface area contributed by atoms with Crippen molar-refractivity contribution in [2.75, 3.05) is 20.6 Å². The molecule has 0 N–H and O–H groups in total. The van der Waals surface area contributed by atoms with Gasteiger partial charge in [-0.2, -0.15) is 0 Å². The van der Waals surface area contributed by atoms with E-state index in [0.717, 1.165) is 13.0 Å². The molecule has 1 aromatic rings. The van der Waals surface area contributed by atoms with E-state index in [0.29, 0.717) is 0 Å². The van der Waals surface area contributed by atoms with Gasteiger partial charge in [0, 0.05) is 6.54 Å². The van der Waals surface area contributed by atoms with Gasteiger partial charge in [0.15, 0.2) is 0 Å². The molecule has 1 aliphatic rings. The molecule has 0 spiro atoms. The van der Waals surface area contributed by atoms with Crippen LogP contribution in [-0.4, -0.2) is 25.5 Å². The zero-order valence-electron chi connectivity index (χ0n) is 9.40. The van der Waals surface area contributed by atoms with Gasteiger partial charge in [-0.1, -0.05) is 42.5 Å². The predicted molar refractivity (Wildman–Crippen MR) is 65.7 cm³/mol. The van der Waals surface area contributed by atoms with Crippen LogP contribution in [0.15, 0.2) is 48.1 Å². The number of hydrogen-bond donors (Lipinski definition) is 0.